The molecule has 17 heavy (non-hydrogen) atoms. The summed E-state index contributed by atoms with van der Waals surface area (Å²) in [5, 5.41) is 3.30. The van der Waals surface area contributed by atoms with E-state index in [9.17, 15) is 4.79 Å². The lowest BCUT2D eigenvalue weighted by atomic mass is 9.69. The van der Waals surface area contributed by atoms with Crippen molar-refractivity contribution in [2.45, 2.75) is 38.0 Å². The maximum atomic E-state index is 11.4. The molecular formula is C15H21NO. The summed E-state index contributed by atoms with van der Waals surface area (Å²) in [4.78, 5) is 11.4. The normalized spacial score (nSPS) is 19.3. The van der Waals surface area contributed by atoms with Gasteiger partial charge in [0.05, 0.1) is 0 Å². The minimum absolute atomic E-state index is 0.161. The first kappa shape index (κ1) is 12.3. The molecule has 0 bridgehead atoms. The molecule has 2 rings (SSSR count). The number of Topliss-reactive ketones (excluding diaryl/α,β-unsaturated/α-hetero) is 1. The number of aryl methyl sites for hydroxylation is 1. The number of rotatable bonds is 3. The Labute approximate surface area is 103 Å². The van der Waals surface area contributed by atoms with E-state index in [2.05, 4.69) is 36.5 Å². The van der Waals surface area contributed by atoms with Gasteiger partial charge in [-0.3, -0.25) is 4.79 Å². The Bertz CT molecular complexity index is 401. The van der Waals surface area contributed by atoms with Crippen molar-refractivity contribution >= 4 is 5.78 Å². The predicted molar refractivity (Wildman–Crippen MR) is 70.3 cm³/mol. The second kappa shape index (κ2) is 5.01. The molecule has 2 nitrogen and oxygen atoms in total. The van der Waals surface area contributed by atoms with Crippen molar-refractivity contribution in [3.63, 3.8) is 0 Å². The highest BCUT2D eigenvalue weighted by atomic mass is 16.1. The van der Waals surface area contributed by atoms with E-state index in [1.807, 2.05) is 7.05 Å². The summed E-state index contributed by atoms with van der Waals surface area (Å²) in [5.41, 5.74) is 2.85. The highest BCUT2D eigenvalue weighted by molar-refractivity contribution is 5.79. The first-order chi connectivity index (χ1) is 8.16. The number of hydrogen-bond acceptors (Lipinski definition) is 2. The van der Waals surface area contributed by atoms with Crippen molar-refractivity contribution in [3.05, 3.63) is 35.4 Å². The number of carbonyl (C=O) groups excluding carboxylic acids is 1. The number of ketones is 1. The Kier molecular flexibility index (Phi) is 3.63. The summed E-state index contributed by atoms with van der Waals surface area (Å²) in [7, 11) is 1.99. The Hall–Kier alpha value is -1.15. The Morgan fingerprint density at radius 2 is 2.00 bits per heavy atom. The SMILES string of the molecule is CNCC1(c2cccc(C)c2)CCC(=O)CC1. The van der Waals surface area contributed by atoms with Crippen LogP contribution in [0.3, 0.4) is 0 Å². The van der Waals surface area contributed by atoms with Crippen molar-refractivity contribution in [2.75, 3.05) is 13.6 Å². The van der Waals surface area contributed by atoms with Gasteiger partial charge >= 0.3 is 0 Å². The average molecular weight is 231 g/mol. The molecule has 92 valence electrons. The molecule has 0 amide bonds. The van der Waals surface area contributed by atoms with E-state index in [4.69, 9.17) is 0 Å². The summed E-state index contributed by atoms with van der Waals surface area (Å²) in [6.45, 7) is 3.09. The third-order valence-electron chi connectivity index (χ3n) is 3.91. The lowest BCUT2D eigenvalue weighted by Gasteiger charge is -2.37. The van der Waals surface area contributed by atoms with Crippen LogP contribution in [0, 0.1) is 6.92 Å². The summed E-state index contributed by atoms with van der Waals surface area (Å²) in [5.74, 6) is 0.421. The van der Waals surface area contributed by atoms with Gasteiger partial charge < -0.3 is 5.32 Å². The highest BCUT2D eigenvalue weighted by Crippen LogP contribution is 2.38. The summed E-state index contributed by atoms with van der Waals surface area (Å²) in [6, 6.07) is 8.73. The molecule has 1 fully saturated rings. The van der Waals surface area contributed by atoms with Crippen LogP contribution < -0.4 is 5.32 Å². The predicted octanol–water partition coefficient (Wildman–Crippen LogP) is 2.60. The largest absolute Gasteiger partial charge is 0.319 e. The quantitative estimate of drug-likeness (QED) is 0.866. The molecule has 0 heterocycles. The van der Waals surface area contributed by atoms with Gasteiger partial charge in [-0.25, -0.2) is 0 Å². The molecule has 1 aromatic rings. The van der Waals surface area contributed by atoms with Crippen LogP contribution in [-0.4, -0.2) is 19.4 Å². The first-order valence-corrected chi connectivity index (χ1v) is 6.40. The molecule has 1 saturated carbocycles. The number of nitrogens with one attached hydrogen (secondary N) is 1. The standard InChI is InChI=1S/C15H21NO/c1-12-4-3-5-13(10-12)15(11-16-2)8-6-14(17)7-9-15/h3-5,10,16H,6-9,11H2,1-2H3. The van der Waals surface area contributed by atoms with Gasteiger partial charge in [0.25, 0.3) is 0 Å². The molecule has 1 aromatic carbocycles. The summed E-state index contributed by atoms with van der Waals surface area (Å²) >= 11 is 0. The summed E-state index contributed by atoms with van der Waals surface area (Å²) in [6.07, 6.45) is 3.43. The third kappa shape index (κ3) is 2.58. The fraction of sp³-hybridized carbons (Fsp3) is 0.533. The van der Waals surface area contributed by atoms with Gasteiger partial charge in [-0.05, 0) is 32.4 Å². The summed E-state index contributed by atoms with van der Waals surface area (Å²) < 4.78 is 0. The zero-order valence-electron chi connectivity index (χ0n) is 10.8. The Morgan fingerprint density at radius 3 is 2.59 bits per heavy atom. The minimum Gasteiger partial charge on any atom is -0.319 e. The lowest BCUT2D eigenvalue weighted by molar-refractivity contribution is -0.121. The number of hydrogen-bond donors (Lipinski definition) is 1. The zero-order valence-corrected chi connectivity index (χ0v) is 10.8. The molecule has 0 radical (unpaired) electrons. The fourth-order valence-corrected chi connectivity index (χ4v) is 2.89. The van der Waals surface area contributed by atoms with Crippen LogP contribution >= 0.6 is 0 Å². The molecule has 0 spiro atoms. The highest BCUT2D eigenvalue weighted by Gasteiger charge is 2.35. The smallest absolute Gasteiger partial charge is 0.132 e. The van der Waals surface area contributed by atoms with Crippen molar-refractivity contribution in [2.24, 2.45) is 0 Å². The van der Waals surface area contributed by atoms with Crippen molar-refractivity contribution in [1.29, 1.82) is 0 Å². The van der Waals surface area contributed by atoms with E-state index in [1.165, 1.54) is 11.1 Å². The van der Waals surface area contributed by atoms with Gasteiger partial charge in [-0.1, -0.05) is 29.8 Å². The minimum atomic E-state index is 0.161. The van der Waals surface area contributed by atoms with Gasteiger partial charge in [-0.2, -0.15) is 0 Å². The Morgan fingerprint density at radius 1 is 1.29 bits per heavy atom. The van der Waals surface area contributed by atoms with Gasteiger partial charge in [0.1, 0.15) is 5.78 Å². The monoisotopic (exact) mass is 231 g/mol. The average Bonchev–Trinajstić information content (AvgIpc) is 2.33. The molecule has 0 aromatic heterocycles. The van der Waals surface area contributed by atoms with Gasteiger partial charge in [0, 0.05) is 24.8 Å². The number of likely N-dealkylation sites (N-methyl/N-ethyl adjacent to an activating group) is 1. The van der Waals surface area contributed by atoms with Gasteiger partial charge in [-0.15, -0.1) is 0 Å². The number of carbonyl (C=O) groups is 1. The molecule has 0 atom stereocenters. The van der Waals surface area contributed by atoms with Crippen LogP contribution in [0.25, 0.3) is 0 Å². The maximum absolute atomic E-state index is 11.4. The molecule has 0 aliphatic heterocycles. The van der Waals surface area contributed by atoms with Gasteiger partial charge in [0.2, 0.25) is 0 Å². The molecule has 0 unspecified atom stereocenters. The molecule has 2 heteroatoms. The fourth-order valence-electron chi connectivity index (χ4n) is 2.89. The molecule has 1 aliphatic carbocycles. The van der Waals surface area contributed by atoms with Crippen molar-refractivity contribution < 1.29 is 4.79 Å². The van der Waals surface area contributed by atoms with Crippen LogP contribution in [0.5, 0.6) is 0 Å². The second-order valence-electron chi connectivity index (χ2n) is 5.22. The number of benzene rings is 1. The van der Waals surface area contributed by atoms with Crippen LogP contribution in [0.4, 0.5) is 0 Å². The van der Waals surface area contributed by atoms with E-state index < -0.39 is 0 Å². The van der Waals surface area contributed by atoms with Crippen molar-refractivity contribution in [1.82, 2.24) is 5.32 Å². The zero-order chi connectivity index (χ0) is 12.3. The van der Waals surface area contributed by atoms with Gasteiger partial charge in [0.15, 0.2) is 0 Å². The topological polar surface area (TPSA) is 29.1 Å². The van der Waals surface area contributed by atoms with Crippen LogP contribution in [-0.2, 0) is 10.2 Å². The van der Waals surface area contributed by atoms with E-state index in [-0.39, 0.29) is 5.41 Å². The first-order valence-electron chi connectivity index (χ1n) is 6.40. The van der Waals surface area contributed by atoms with E-state index >= 15 is 0 Å². The third-order valence-corrected chi connectivity index (χ3v) is 3.91. The van der Waals surface area contributed by atoms with E-state index in [0.717, 1.165) is 32.2 Å². The second-order valence-corrected chi connectivity index (χ2v) is 5.22. The molecule has 1 aliphatic rings. The van der Waals surface area contributed by atoms with Crippen LogP contribution in [0.15, 0.2) is 24.3 Å². The Balaban J connectivity index is 2.30. The van der Waals surface area contributed by atoms with E-state index in [0.29, 0.717) is 5.78 Å². The van der Waals surface area contributed by atoms with Crippen LogP contribution in [0.2, 0.25) is 0 Å². The lowest BCUT2D eigenvalue weighted by Crippen LogP contribution is -2.40. The molecule has 1 N–H and O–H groups in total. The van der Waals surface area contributed by atoms with Crippen LogP contribution in [0.1, 0.15) is 36.8 Å². The molecular weight excluding hydrogens is 210 g/mol. The molecule has 0 saturated heterocycles. The maximum Gasteiger partial charge on any atom is 0.132 e. The van der Waals surface area contributed by atoms with E-state index in [1.54, 1.807) is 0 Å². The van der Waals surface area contributed by atoms with Crippen molar-refractivity contribution in [3.8, 4) is 0 Å².